The average molecular weight is 446 g/mol. The molecule has 1 N–H and O–H groups in total. The second-order valence-electron chi connectivity index (χ2n) is 7.99. The zero-order valence-corrected chi connectivity index (χ0v) is 18.0. The van der Waals surface area contributed by atoms with Crippen LogP contribution in [0.15, 0.2) is 54.9 Å². The highest BCUT2D eigenvalue weighted by molar-refractivity contribution is 6.07. The van der Waals surface area contributed by atoms with Crippen LogP contribution in [0, 0.1) is 5.92 Å². The number of imidazole rings is 1. The lowest BCUT2D eigenvalue weighted by Crippen LogP contribution is -2.28. The van der Waals surface area contributed by atoms with Gasteiger partial charge in [-0.1, -0.05) is 0 Å². The molecular formula is C24H22N4O5. The summed E-state index contributed by atoms with van der Waals surface area (Å²) < 4.78 is 12.8. The molecule has 0 aliphatic carbocycles. The summed E-state index contributed by atoms with van der Waals surface area (Å²) in [5.41, 5.74) is 1.71. The molecule has 0 saturated carbocycles. The lowest BCUT2D eigenvalue weighted by atomic mass is 10.1. The van der Waals surface area contributed by atoms with Crippen LogP contribution in [0.2, 0.25) is 0 Å². The second-order valence-corrected chi connectivity index (χ2v) is 7.99. The third-order valence-corrected chi connectivity index (χ3v) is 5.77. The summed E-state index contributed by atoms with van der Waals surface area (Å²) in [6, 6.07) is 12.0. The van der Waals surface area contributed by atoms with Crippen molar-refractivity contribution in [3.8, 4) is 11.5 Å². The summed E-state index contributed by atoms with van der Waals surface area (Å²) in [5.74, 6) is 0.539. The SMILES string of the molecule is Cn1ccnc1C(=O)c1ccc(NC(=O)C2CC(=O)N(c3ccc4c(c3)OCCO4)C2)cc1. The fourth-order valence-corrected chi connectivity index (χ4v) is 4.00. The minimum Gasteiger partial charge on any atom is -0.486 e. The highest BCUT2D eigenvalue weighted by atomic mass is 16.6. The number of rotatable bonds is 5. The minimum atomic E-state index is -0.487. The Morgan fingerprint density at radius 3 is 2.55 bits per heavy atom. The van der Waals surface area contributed by atoms with E-state index in [0.29, 0.717) is 47.5 Å². The van der Waals surface area contributed by atoms with E-state index in [4.69, 9.17) is 9.47 Å². The molecule has 3 heterocycles. The van der Waals surface area contributed by atoms with Crippen molar-refractivity contribution in [2.75, 3.05) is 30.0 Å². The average Bonchev–Trinajstić information content (AvgIpc) is 3.44. The molecule has 3 aromatic rings. The standard InChI is InChI=1S/C24H22N4O5/c1-27-9-8-25-23(27)22(30)15-2-4-17(5-3-15)26-24(31)16-12-21(29)28(14-16)18-6-7-19-20(13-18)33-11-10-32-19/h2-9,13,16H,10-12,14H2,1H3,(H,26,31). The number of amides is 2. The van der Waals surface area contributed by atoms with Crippen LogP contribution in [0.25, 0.3) is 0 Å². The quantitative estimate of drug-likeness (QED) is 0.604. The maximum atomic E-state index is 12.8. The van der Waals surface area contributed by atoms with Crippen LogP contribution in [0.1, 0.15) is 22.6 Å². The van der Waals surface area contributed by atoms with E-state index < -0.39 is 5.92 Å². The van der Waals surface area contributed by atoms with Crippen molar-refractivity contribution in [1.29, 1.82) is 0 Å². The van der Waals surface area contributed by atoms with Crippen molar-refractivity contribution >= 4 is 29.0 Å². The van der Waals surface area contributed by atoms with Crippen molar-refractivity contribution < 1.29 is 23.9 Å². The Labute approximate surface area is 189 Å². The lowest BCUT2D eigenvalue weighted by Gasteiger charge is -2.22. The van der Waals surface area contributed by atoms with E-state index in [-0.39, 0.29) is 30.6 Å². The van der Waals surface area contributed by atoms with Crippen LogP contribution in [-0.2, 0) is 16.6 Å². The first-order valence-corrected chi connectivity index (χ1v) is 10.6. The molecule has 1 atom stereocenters. The number of fused-ring (bicyclic) bond motifs is 1. The van der Waals surface area contributed by atoms with Crippen LogP contribution in [0.3, 0.4) is 0 Å². The largest absolute Gasteiger partial charge is 0.486 e. The number of ether oxygens (including phenoxy) is 2. The molecule has 0 spiro atoms. The smallest absolute Gasteiger partial charge is 0.229 e. The maximum Gasteiger partial charge on any atom is 0.229 e. The molecule has 2 aromatic carbocycles. The van der Waals surface area contributed by atoms with E-state index in [1.807, 2.05) is 0 Å². The third-order valence-electron chi connectivity index (χ3n) is 5.77. The van der Waals surface area contributed by atoms with Gasteiger partial charge in [0.25, 0.3) is 0 Å². The molecule has 2 aliphatic rings. The van der Waals surface area contributed by atoms with Crippen LogP contribution < -0.4 is 19.7 Å². The topological polar surface area (TPSA) is 103 Å². The molecule has 33 heavy (non-hydrogen) atoms. The van der Waals surface area contributed by atoms with Gasteiger partial charge in [-0.25, -0.2) is 4.98 Å². The number of hydrogen-bond acceptors (Lipinski definition) is 6. The molecule has 2 amide bonds. The number of nitrogens with zero attached hydrogens (tertiary/aromatic N) is 3. The van der Waals surface area contributed by atoms with Gasteiger partial charge >= 0.3 is 0 Å². The number of carbonyl (C=O) groups excluding carboxylic acids is 3. The number of carbonyl (C=O) groups is 3. The molecule has 1 unspecified atom stereocenters. The Morgan fingerprint density at radius 2 is 1.82 bits per heavy atom. The molecule has 0 bridgehead atoms. The molecule has 1 aromatic heterocycles. The molecule has 9 nitrogen and oxygen atoms in total. The summed E-state index contributed by atoms with van der Waals surface area (Å²) >= 11 is 0. The molecule has 5 rings (SSSR count). The van der Waals surface area contributed by atoms with Crippen LogP contribution in [-0.4, -0.2) is 46.9 Å². The van der Waals surface area contributed by atoms with E-state index in [1.54, 1.807) is 71.4 Å². The zero-order valence-electron chi connectivity index (χ0n) is 18.0. The van der Waals surface area contributed by atoms with Gasteiger partial charge in [-0.05, 0) is 36.4 Å². The Balaban J connectivity index is 1.24. The van der Waals surface area contributed by atoms with Gasteiger partial charge in [0.05, 0.1) is 5.92 Å². The molecule has 2 aliphatic heterocycles. The monoisotopic (exact) mass is 446 g/mol. The Bertz CT molecular complexity index is 1230. The van der Waals surface area contributed by atoms with Crippen LogP contribution in [0.5, 0.6) is 11.5 Å². The number of anilines is 2. The number of aromatic nitrogens is 2. The second kappa shape index (κ2) is 8.42. The van der Waals surface area contributed by atoms with Gasteiger partial charge in [-0.2, -0.15) is 0 Å². The maximum absolute atomic E-state index is 12.8. The first-order valence-electron chi connectivity index (χ1n) is 10.6. The van der Waals surface area contributed by atoms with E-state index in [9.17, 15) is 14.4 Å². The summed E-state index contributed by atoms with van der Waals surface area (Å²) in [4.78, 5) is 43.6. The minimum absolute atomic E-state index is 0.121. The fraction of sp³-hybridized carbons (Fsp3) is 0.250. The lowest BCUT2D eigenvalue weighted by molar-refractivity contribution is -0.122. The van der Waals surface area contributed by atoms with Gasteiger partial charge < -0.3 is 24.3 Å². The number of nitrogens with one attached hydrogen (secondary N) is 1. The zero-order chi connectivity index (χ0) is 22.9. The van der Waals surface area contributed by atoms with Crippen LogP contribution >= 0.6 is 0 Å². The van der Waals surface area contributed by atoms with Gasteiger partial charge in [-0.15, -0.1) is 0 Å². The molecule has 168 valence electrons. The van der Waals surface area contributed by atoms with E-state index in [0.717, 1.165) is 0 Å². The van der Waals surface area contributed by atoms with Crippen molar-refractivity contribution in [3.05, 3.63) is 66.2 Å². The van der Waals surface area contributed by atoms with Crippen LogP contribution in [0.4, 0.5) is 11.4 Å². The van der Waals surface area contributed by atoms with Gasteiger partial charge in [-0.3, -0.25) is 14.4 Å². The van der Waals surface area contributed by atoms with Gasteiger partial charge in [0.1, 0.15) is 13.2 Å². The van der Waals surface area contributed by atoms with Crippen molar-refractivity contribution in [1.82, 2.24) is 9.55 Å². The Morgan fingerprint density at radius 1 is 1.06 bits per heavy atom. The number of hydrogen-bond donors (Lipinski definition) is 1. The number of benzene rings is 2. The van der Waals surface area contributed by atoms with Crippen molar-refractivity contribution in [3.63, 3.8) is 0 Å². The highest BCUT2D eigenvalue weighted by Gasteiger charge is 2.35. The van der Waals surface area contributed by atoms with Crippen molar-refractivity contribution in [2.45, 2.75) is 6.42 Å². The van der Waals surface area contributed by atoms with E-state index in [1.165, 1.54) is 0 Å². The van der Waals surface area contributed by atoms with E-state index >= 15 is 0 Å². The van der Waals surface area contributed by atoms with Gasteiger partial charge in [0, 0.05) is 55.4 Å². The number of ketones is 1. The third kappa shape index (κ3) is 4.05. The normalized spacial score (nSPS) is 17.2. The molecule has 0 radical (unpaired) electrons. The Kier molecular flexibility index (Phi) is 5.29. The summed E-state index contributed by atoms with van der Waals surface area (Å²) in [6.45, 7) is 1.23. The summed E-state index contributed by atoms with van der Waals surface area (Å²) in [7, 11) is 1.76. The molecule has 9 heteroatoms. The molecule has 1 fully saturated rings. The summed E-state index contributed by atoms with van der Waals surface area (Å²) in [6.07, 6.45) is 3.40. The van der Waals surface area contributed by atoms with Gasteiger partial charge in [0.2, 0.25) is 17.6 Å². The van der Waals surface area contributed by atoms with Crippen molar-refractivity contribution in [2.24, 2.45) is 13.0 Å². The number of aryl methyl sites for hydroxylation is 1. The molecule has 1 saturated heterocycles. The predicted molar refractivity (Wildman–Crippen MR) is 120 cm³/mol. The Hall–Kier alpha value is -4.14. The molecular weight excluding hydrogens is 424 g/mol. The first-order chi connectivity index (χ1) is 16.0. The first kappa shape index (κ1) is 20.7. The fourth-order valence-electron chi connectivity index (χ4n) is 4.00. The highest BCUT2D eigenvalue weighted by Crippen LogP contribution is 2.36. The predicted octanol–water partition coefficient (Wildman–Crippen LogP) is 2.41. The summed E-state index contributed by atoms with van der Waals surface area (Å²) in [5, 5.41) is 2.84. The van der Waals surface area contributed by atoms with Gasteiger partial charge in [0.15, 0.2) is 17.3 Å². The van der Waals surface area contributed by atoms with E-state index in [2.05, 4.69) is 10.3 Å².